The summed E-state index contributed by atoms with van der Waals surface area (Å²) in [6, 6.07) is 0. The number of carboxylic acid groups (broad SMARTS) is 1. The van der Waals surface area contributed by atoms with Crippen LogP contribution in [-0.2, 0) is 14.3 Å². The SMILES string of the molecule is CCCCCCCCC=CCCCCCCCCCCCC(=O)OCCCCCCCCCCCCCCCCCCCCCCCCCC(=O)O. The fourth-order valence-corrected chi connectivity index (χ4v) is 7.40. The summed E-state index contributed by atoms with van der Waals surface area (Å²) in [7, 11) is 0. The van der Waals surface area contributed by atoms with Crippen molar-refractivity contribution in [1.82, 2.24) is 0 Å². The molecule has 0 aliphatic carbocycles. The van der Waals surface area contributed by atoms with Gasteiger partial charge >= 0.3 is 11.9 Å². The van der Waals surface area contributed by atoms with Crippen molar-refractivity contribution >= 4 is 11.9 Å². The van der Waals surface area contributed by atoms with Gasteiger partial charge in [0.1, 0.15) is 0 Å². The number of rotatable bonds is 45. The third kappa shape index (κ3) is 46.7. The molecule has 0 bridgehead atoms. The first-order valence-corrected chi connectivity index (χ1v) is 23.7. The quantitative estimate of drug-likeness (QED) is 0.0385. The van der Waals surface area contributed by atoms with Crippen molar-refractivity contribution in [1.29, 1.82) is 0 Å². The van der Waals surface area contributed by atoms with E-state index in [1.807, 2.05) is 0 Å². The Morgan fingerprint density at radius 2 is 0.635 bits per heavy atom. The smallest absolute Gasteiger partial charge is 0.305 e. The molecule has 0 aromatic rings. The Bertz CT molecular complexity index is 732. The number of carbonyl (C=O) groups excluding carboxylic acids is 1. The number of carbonyl (C=O) groups is 2. The monoisotopic (exact) mass is 733 g/mol. The molecule has 4 nitrogen and oxygen atoms in total. The molecule has 0 spiro atoms. The molecule has 0 atom stereocenters. The minimum Gasteiger partial charge on any atom is -0.481 e. The van der Waals surface area contributed by atoms with Gasteiger partial charge in [-0.05, 0) is 44.9 Å². The number of ether oxygens (including phenoxy) is 1. The number of hydrogen-bond acceptors (Lipinski definition) is 3. The van der Waals surface area contributed by atoms with Crippen LogP contribution in [0.15, 0.2) is 12.2 Å². The zero-order chi connectivity index (χ0) is 37.7. The maximum atomic E-state index is 12.0. The lowest BCUT2D eigenvalue weighted by Gasteiger charge is -2.06. The average molecular weight is 733 g/mol. The van der Waals surface area contributed by atoms with Gasteiger partial charge in [0.25, 0.3) is 0 Å². The Balaban J connectivity index is 3.17. The van der Waals surface area contributed by atoms with E-state index < -0.39 is 5.97 Å². The van der Waals surface area contributed by atoms with Gasteiger partial charge in [-0.1, -0.05) is 231 Å². The van der Waals surface area contributed by atoms with Crippen molar-refractivity contribution in [3.05, 3.63) is 12.2 Å². The van der Waals surface area contributed by atoms with Crippen LogP contribution < -0.4 is 0 Å². The van der Waals surface area contributed by atoms with Crippen LogP contribution in [-0.4, -0.2) is 23.7 Å². The molecular weight excluding hydrogens is 641 g/mol. The molecule has 0 amide bonds. The fourth-order valence-electron chi connectivity index (χ4n) is 7.40. The van der Waals surface area contributed by atoms with E-state index in [1.165, 1.54) is 231 Å². The second kappa shape index (κ2) is 45.8. The molecule has 52 heavy (non-hydrogen) atoms. The molecule has 0 unspecified atom stereocenters. The zero-order valence-electron chi connectivity index (χ0n) is 35.2. The number of esters is 1. The molecule has 0 aromatic heterocycles. The van der Waals surface area contributed by atoms with Crippen LogP contribution >= 0.6 is 0 Å². The number of allylic oxidation sites excluding steroid dienone is 2. The summed E-state index contributed by atoms with van der Waals surface area (Å²) in [4.78, 5) is 22.5. The molecule has 0 radical (unpaired) electrons. The van der Waals surface area contributed by atoms with Crippen LogP contribution in [0.4, 0.5) is 0 Å². The Hall–Kier alpha value is -1.32. The summed E-state index contributed by atoms with van der Waals surface area (Å²) < 4.78 is 5.48. The van der Waals surface area contributed by atoms with E-state index in [4.69, 9.17) is 9.84 Å². The maximum absolute atomic E-state index is 12.0. The number of aliphatic carboxylic acids is 1. The lowest BCUT2D eigenvalue weighted by atomic mass is 10.0. The highest BCUT2D eigenvalue weighted by atomic mass is 16.5. The van der Waals surface area contributed by atoms with Crippen molar-refractivity contribution in [3.63, 3.8) is 0 Å². The molecule has 0 aromatic carbocycles. The van der Waals surface area contributed by atoms with E-state index in [-0.39, 0.29) is 5.97 Å². The topological polar surface area (TPSA) is 63.6 Å². The van der Waals surface area contributed by atoms with Crippen molar-refractivity contribution in [2.24, 2.45) is 0 Å². The van der Waals surface area contributed by atoms with Gasteiger partial charge in [-0.15, -0.1) is 0 Å². The summed E-state index contributed by atoms with van der Waals surface area (Å²) >= 11 is 0. The van der Waals surface area contributed by atoms with E-state index in [0.29, 0.717) is 19.4 Å². The number of unbranched alkanes of at least 4 members (excludes halogenated alkanes) is 37. The van der Waals surface area contributed by atoms with E-state index in [2.05, 4.69) is 19.1 Å². The molecule has 0 aliphatic rings. The van der Waals surface area contributed by atoms with E-state index in [0.717, 1.165) is 25.7 Å². The molecule has 0 saturated heterocycles. The van der Waals surface area contributed by atoms with Gasteiger partial charge in [-0.2, -0.15) is 0 Å². The third-order valence-corrected chi connectivity index (χ3v) is 10.9. The molecule has 308 valence electrons. The zero-order valence-corrected chi connectivity index (χ0v) is 35.2. The third-order valence-electron chi connectivity index (χ3n) is 10.9. The van der Waals surface area contributed by atoms with E-state index in [1.54, 1.807) is 0 Å². The first kappa shape index (κ1) is 50.7. The number of carboxylic acids is 1. The molecule has 0 aliphatic heterocycles. The first-order valence-electron chi connectivity index (χ1n) is 23.7. The van der Waals surface area contributed by atoms with E-state index >= 15 is 0 Å². The van der Waals surface area contributed by atoms with Crippen LogP contribution in [0.25, 0.3) is 0 Å². The summed E-state index contributed by atoms with van der Waals surface area (Å²) in [5.41, 5.74) is 0. The van der Waals surface area contributed by atoms with Gasteiger partial charge in [0.05, 0.1) is 6.61 Å². The predicted molar refractivity (Wildman–Crippen MR) is 227 cm³/mol. The summed E-state index contributed by atoms with van der Waals surface area (Å²) in [6.45, 7) is 2.90. The highest BCUT2D eigenvalue weighted by molar-refractivity contribution is 5.69. The minimum atomic E-state index is -0.656. The lowest BCUT2D eigenvalue weighted by Crippen LogP contribution is -2.05. The van der Waals surface area contributed by atoms with Crippen LogP contribution in [0.1, 0.15) is 277 Å². The number of hydrogen-bond donors (Lipinski definition) is 1. The molecule has 0 fully saturated rings. The van der Waals surface area contributed by atoms with Crippen molar-refractivity contribution in [3.8, 4) is 0 Å². The first-order chi connectivity index (χ1) is 25.7. The normalized spacial score (nSPS) is 11.6. The van der Waals surface area contributed by atoms with Crippen LogP contribution in [0.3, 0.4) is 0 Å². The second-order valence-electron chi connectivity index (χ2n) is 16.2. The molecule has 4 heteroatoms. The highest BCUT2D eigenvalue weighted by Crippen LogP contribution is 2.17. The van der Waals surface area contributed by atoms with Gasteiger partial charge in [-0.3, -0.25) is 9.59 Å². The summed E-state index contributed by atoms with van der Waals surface area (Å²) in [6.07, 6.45) is 58.4. The average Bonchev–Trinajstić information content (AvgIpc) is 3.13. The maximum Gasteiger partial charge on any atom is 0.305 e. The Morgan fingerprint density at radius 1 is 0.365 bits per heavy atom. The van der Waals surface area contributed by atoms with Gasteiger partial charge < -0.3 is 9.84 Å². The Labute approximate surface area is 325 Å². The standard InChI is InChI=1S/C48H92O4/c1-2-3-4-5-6-7-8-9-10-11-17-21-24-27-30-33-36-39-42-45-48(51)52-46-43-40-37-34-31-28-25-22-19-16-14-12-13-15-18-20-23-26-29-32-35-38-41-44-47(49)50/h9-10H,2-8,11-46H2,1H3,(H,49,50). The van der Waals surface area contributed by atoms with Gasteiger partial charge in [0.2, 0.25) is 0 Å². The van der Waals surface area contributed by atoms with E-state index in [9.17, 15) is 9.59 Å². The molecule has 0 rings (SSSR count). The lowest BCUT2D eigenvalue weighted by molar-refractivity contribution is -0.144. The minimum absolute atomic E-state index is 0.0168. The van der Waals surface area contributed by atoms with Crippen molar-refractivity contribution < 1.29 is 19.4 Å². The van der Waals surface area contributed by atoms with Crippen LogP contribution in [0.5, 0.6) is 0 Å². The van der Waals surface area contributed by atoms with Crippen LogP contribution in [0.2, 0.25) is 0 Å². The largest absolute Gasteiger partial charge is 0.481 e. The van der Waals surface area contributed by atoms with Crippen molar-refractivity contribution in [2.45, 2.75) is 277 Å². The Morgan fingerprint density at radius 3 is 0.962 bits per heavy atom. The van der Waals surface area contributed by atoms with Gasteiger partial charge in [0, 0.05) is 12.8 Å². The Kier molecular flexibility index (Phi) is 44.7. The van der Waals surface area contributed by atoms with Crippen LogP contribution in [0, 0.1) is 0 Å². The van der Waals surface area contributed by atoms with Crippen molar-refractivity contribution in [2.75, 3.05) is 6.61 Å². The second-order valence-corrected chi connectivity index (χ2v) is 16.2. The molecule has 0 saturated carbocycles. The molecule has 0 heterocycles. The predicted octanol–water partition coefficient (Wildman–Crippen LogP) is 16.6. The summed E-state index contributed by atoms with van der Waals surface area (Å²) in [5, 5.41) is 8.66. The molecular formula is C48H92O4. The fraction of sp³-hybridized carbons (Fsp3) is 0.917. The van der Waals surface area contributed by atoms with Gasteiger partial charge in [0.15, 0.2) is 0 Å². The molecule has 1 N–H and O–H groups in total. The summed E-state index contributed by atoms with van der Waals surface area (Å²) in [5.74, 6) is -0.639. The highest BCUT2D eigenvalue weighted by Gasteiger charge is 2.03. The van der Waals surface area contributed by atoms with Gasteiger partial charge in [-0.25, -0.2) is 0 Å².